The number of halogens is 3. The molecule has 0 unspecified atom stereocenters. The molecule has 1 aromatic carbocycles. The van der Waals surface area contributed by atoms with E-state index in [4.69, 9.17) is 0 Å². The Kier molecular flexibility index (Phi) is 3.50. The van der Waals surface area contributed by atoms with Crippen molar-refractivity contribution in [3.63, 3.8) is 0 Å². The summed E-state index contributed by atoms with van der Waals surface area (Å²) in [6.07, 6.45) is -2.70. The van der Waals surface area contributed by atoms with Gasteiger partial charge in [0.2, 0.25) is 0 Å². The number of rotatable bonds is 3. The number of alkyl halides is 2. The van der Waals surface area contributed by atoms with E-state index < -0.39 is 24.8 Å². The number of hydrogen-bond acceptors (Lipinski definition) is 2. The van der Waals surface area contributed by atoms with Gasteiger partial charge in [-0.1, -0.05) is 0 Å². The summed E-state index contributed by atoms with van der Waals surface area (Å²) in [6.45, 7) is -0.948. The molecule has 0 aliphatic carbocycles. The van der Waals surface area contributed by atoms with Crippen LogP contribution in [0.1, 0.15) is 10.4 Å². The smallest absolute Gasteiger partial charge is 0.338 e. The molecule has 0 saturated heterocycles. The van der Waals surface area contributed by atoms with Gasteiger partial charge in [-0.15, -0.1) is 0 Å². The lowest BCUT2D eigenvalue weighted by atomic mass is 10.2. The summed E-state index contributed by atoms with van der Waals surface area (Å²) in [4.78, 5) is 11.0. The van der Waals surface area contributed by atoms with E-state index in [2.05, 4.69) is 4.74 Å². The predicted molar refractivity (Wildman–Crippen MR) is 42.7 cm³/mol. The van der Waals surface area contributed by atoms with Gasteiger partial charge in [0, 0.05) is 0 Å². The number of ether oxygens (including phenoxy) is 1. The Morgan fingerprint density at radius 1 is 1.29 bits per heavy atom. The third kappa shape index (κ3) is 3.08. The third-order valence-corrected chi connectivity index (χ3v) is 1.42. The van der Waals surface area contributed by atoms with E-state index in [0.717, 1.165) is 12.1 Å². The molecule has 2 nitrogen and oxygen atoms in total. The largest absolute Gasteiger partial charge is 0.456 e. The molecule has 0 aromatic heterocycles. The Balaban J connectivity index is 2.57. The zero-order valence-corrected chi connectivity index (χ0v) is 7.04. The van der Waals surface area contributed by atoms with E-state index in [-0.39, 0.29) is 5.56 Å². The minimum absolute atomic E-state index is 0.0482. The number of esters is 1. The van der Waals surface area contributed by atoms with Crippen molar-refractivity contribution in [3.05, 3.63) is 35.6 Å². The summed E-state index contributed by atoms with van der Waals surface area (Å²) < 4.78 is 39.9. The molecule has 5 heteroatoms. The van der Waals surface area contributed by atoms with E-state index >= 15 is 0 Å². The molecule has 0 N–H and O–H groups in total. The molecule has 14 heavy (non-hydrogen) atoms. The lowest BCUT2D eigenvalue weighted by Gasteiger charge is -2.03. The summed E-state index contributed by atoms with van der Waals surface area (Å²) >= 11 is 0. The second-order valence-corrected chi connectivity index (χ2v) is 2.50. The van der Waals surface area contributed by atoms with Gasteiger partial charge in [0.15, 0.2) is 6.61 Å². The third-order valence-electron chi connectivity index (χ3n) is 1.42. The Labute approximate surface area is 78.3 Å². The van der Waals surface area contributed by atoms with Gasteiger partial charge in [0.05, 0.1) is 5.56 Å². The van der Waals surface area contributed by atoms with Gasteiger partial charge >= 0.3 is 5.97 Å². The van der Waals surface area contributed by atoms with Crippen LogP contribution in [0, 0.1) is 5.82 Å². The van der Waals surface area contributed by atoms with Gasteiger partial charge in [-0.2, -0.15) is 0 Å². The molecule has 0 atom stereocenters. The van der Waals surface area contributed by atoms with Crippen LogP contribution < -0.4 is 0 Å². The van der Waals surface area contributed by atoms with E-state index in [1.54, 1.807) is 0 Å². The highest BCUT2D eigenvalue weighted by Crippen LogP contribution is 2.05. The highest BCUT2D eigenvalue weighted by atomic mass is 19.3. The van der Waals surface area contributed by atoms with Crippen molar-refractivity contribution in [2.75, 3.05) is 6.61 Å². The highest BCUT2D eigenvalue weighted by molar-refractivity contribution is 5.89. The van der Waals surface area contributed by atoms with Crippen LogP contribution in [0.5, 0.6) is 0 Å². The maximum absolute atomic E-state index is 12.4. The van der Waals surface area contributed by atoms with E-state index in [0.29, 0.717) is 0 Å². The lowest BCUT2D eigenvalue weighted by molar-refractivity contribution is 0.0160. The summed E-state index contributed by atoms with van der Waals surface area (Å²) in [6, 6.07) is 4.45. The second kappa shape index (κ2) is 4.64. The fourth-order valence-corrected chi connectivity index (χ4v) is 0.808. The second-order valence-electron chi connectivity index (χ2n) is 2.50. The monoisotopic (exact) mass is 204 g/mol. The number of carbonyl (C=O) groups excluding carboxylic acids is 1. The zero-order valence-electron chi connectivity index (χ0n) is 7.04. The summed E-state index contributed by atoms with van der Waals surface area (Å²) in [5.74, 6) is -1.39. The average molecular weight is 204 g/mol. The normalized spacial score (nSPS) is 10.3. The molecular formula is C9H7F3O2. The van der Waals surface area contributed by atoms with Crippen molar-refractivity contribution in [1.29, 1.82) is 0 Å². The quantitative estimate of drug-likeness (QED) is 0.706. The standard InChI is InChI=1S/C9H7F3O2/c10-7-3-1-6(2-4-7)9(13)14-5-8(11)12/h1-4,8H,5H2. The van der Waals surface area contributed by atoms with Crippen molar-refractivity contribution in [3.8, 4) is 0 Å². The Hall–Kier alpha value is -1.52. The Morgan fingerprint density at radius 3 is 2.36 bits per heavy atom. The zero-order chi connectivity index (χ0) is 10.6. The Morgan fingerprint density at radius 2 is 1.86 bits per heavy atom. The molecule has 1 aromatic rings. The molecule has 0 saturated carbocycles. The van der Waals surface area contributed by atoms with Gasteiger partial charge in [0.25, 0.3) is 6.43 Å². The first-order valence-electron chi connectivity index (χ1n) is 3.80. The van der Waals surface area contributed by atoms with Gasteiger partial charge in [0.1, 0.15) is 5.82 Å². The Bertz CT molecular complexity index is 308. The molecule has 0 radical (unpaired) electrons. The number of benzene rings is 1. The first-order chi connectivity index (χ1) is 6.59. The highest BCUT2D eigenvalue weighted by Gasteiger charge is 2.10. The van der Waals surface area contributed by atoms with E-state index in [9.17, 15) is 18.0 Å². The molecule has 1 rings (SSSR count). The van der Waals surface area contributed by atoms with Crippen LogP contribution in [0.4, 0.5) is 13.2 Å². The van der Waals surface area contributed by atoms with Crippen molar-refractivity contribution in [1.82, 2.24) is 0 Å². The molecular weight excluding hydrogens is 197 g/mol. The van der Waals surface area contributed by atoms with Gasteiger partial charge < -0.3 is 4.74 Å². The van der Waals surface area contributed by atoms with Crippen molar-refractivity contribution in [2.24, 2.45) is 0 Å². The molecule has 76 valence electrons. The lowest BCUT2D eigenvalue weighted by Crippen LogP contribution is -2.11. The molecule has 0 bridgehead atoms. The van der Waals surface area contributed by atoms with Crippen LogP contribution in [-0.2, 0) is 4.74 Å². The van der Waals surface area contributed by atoms with Crippen LogP contribution in [0.25, 0.3) is 0 Å². The molecule has 0 fully saturated rings. The van der Waals surface area contributed by atoms with Gasteiger partial charge in [-0.05, 0) is 24.3 Å². The van der Waals surface area contributed by atoms with E-state index in [1.165, 1.54) is 12.1 Å². The van der Waals surface area contributed by atoms with Gasteiger partial charge in [-0.25, -0.2) is 18.0 Å². The van der Waals surface area contributed by atoms with Crippen molar-refractivity contribution < 1.29 is 22.7 Å². The fourth-order valence-electron chi connectivity index (χ4n) is 0.808. The number of hydrogen-bond donors (Lipinski definition) is 0. The molecule has 0 aliphatic heterocycles. The van der Waals surface area contributed by atoms with Gasteiger partial charge in [-0.3, -0.25) is 0 Å². The van der Waals surface area contributed by atoms with Crippen LogP contribution in [0.15, 0.2) is 24.3 Å². The molecule has 0 amide bonds. The van der Waals surface area contributed by atoms with Crippen LogP contribution >= 0.6 is 0 Å². The van der Waals surface area contributed by atoms with Crippen LogP contribution in [0.2, 0.25) is 0 Å². The first-order valence-corrected chi connectivity index (χ1v) is 3.80. The number of carbonyl (C=O) groups is 1. The summed E-state index contributed by atoms with van der Waals surface area (Å²) in [7, 11) is 0. The summed E-state index contributed by atoms with van der Waals surface area (Å²) in [5.41, 5.74) is 0.0482. The maximum atomic E-state index is 12.4. The first kappa shape index (κ1) is 10.6. The fraction of sp³-hybridized carbons (Fsp3) is 0.222. The topological polar surface area (TPSA) is 26.3 Å². The molecule has 0 aliphatic rings. The van der Waals surface area contributed by atoms with Crippen LogP contribution in [-0.4, -0.2) is 19.0 Å². The van der Waals surface area contributed by atoms with Crippen molar-refractivity contribution in [2.45, 2.75) is 6.43 Å². The van der Waals surface area contributed by atoms with Crippen molar-refractivity contribution >= 4 is 5.97 Å². The SMILES string of the molecule is O=C(OCC(F)F)c1ccc(F)cc1. The molecule has 0 spiro atoms. The van der Waals surface area contributed by atoms with Crippen LogP contribution in [0.3, 0.4) is 0 Å². The van der Waals surface area contributed by atoms with E-state index in [1.807, 2.05) is 0 Å². The minimum atomic E-state index is -2.70. The minimum Gasteiger partial charge on any atom is -0.456 e. The molecule has 0 heterocycles. The predicted octanol–water partition coefficient (Wildman–Crippen LogP) is 2.25. The maximum Gasteiger partial charge on any atom is 0.338 e. The summed E-state index contributed by atoms with van der Waals surface area (Å²) in [5, 5.41) is 0. The average Bonchev–Trinajstić information content (AvgIpc) is 2.15.